The largest absolute Gasteiger partial charge is 0.488 e. The van der Waals surface area contributed by atoms with Crippen LogP contribution in [0.4, 0.5) is 4.39 Å². The molecular formula is C16H11FO3S. The highest BCUT2D eigenvalue weighted by molar-refractivity contribution is 7.17. The number of ether oxygens (including phenoxy) is 1. The number of carbonyl (C=O) groups is 1. The van der Waals surface area contributed by atoms with Gasteiger partial charge in [-0.05, 0) is 35.0 Å². The molecule has 0 unspecified atom stereocenters. The first-order chi connectivity index (χ1) is 10.1. The van der Waals surface area contributed by atoms with E-state index in [9.17, 15) is 9.18 Å². The van der Waals surface area contributed by atoms with Gasteiger partial charge >= 0.3 is 5.97 Å². The van der Waals surface area contributed by atoms with Crippen LogP contribution in [0.25, 0.3) is 10.1 Å². The van der Waals surface area contributed by atoms with Crippen molar-refractivity contribution in [2.24, 2.45) is 0 Å². The summed E-state index contributed by atoms with van der Waals surface area (Å²) >= 11 is 1.61. The van der Waals surface area contributed by atoms with Gasteiger partial charge in [-0.15, -0.1) is 11.3 Å². The molecule has 0 amide bonds. The van der Waals surface area contributed by atoms with Gasteiger partial charge in [0.05, 0.1) is 0 Å². The number of rotatable bonds is 4. The van der Waals surface area contributed by atoms with Crippen molar-refractivity contribution < 1.29 is 19.0 Å². The fourth-order valence-corrected chi connectivity index (χ4v) is 3.04. The van der Waals surface area contributed by atoms with Crippen molar-refractivity contribution in [3.8, 4) is 5.75 Å². The van der Waals surface area contributed by atoms with E-state index in [1.54, 1.807) is 11.3 Å². The summed E-state index contributed by atoms with van der Waals surface area (Å²) in [5, 5.41) is 12.1. The molecule has 0 spiro atoms. The van der Waals surface area contributed by atoms with Gasteiger partial charge in [-0.25, -0.2) is 9.18 Å². The highest BCUT2D eigenvalue weighted by Crippen LogP contribution is 2.27. The summed E-state index contributed by atoms with van der Waals surface area (Å²) in [5.41, 5.74) is 0.811. The first-order valence-electron chi connectivity index (χ1n) is 6.26. The minimum Gasteiger partial charge on any atom is -0.488 e. The summed E-state index contributed by atoms with van der Waals surface area (Å²) in [7, 11) is 0. The van der Waals surface area contributed by atoms with E-state index in [4.69, 9.17) is 9.84 Å². The molecule has 0 aliphatic heterocycles. The lowest BCUT2D eigenvalue weighted by Gasteiger charge is -2.08. The number of hydrogen-bond acceptors (Lipinski definition) is 3. The van der Waals surface area contributed by atoms with Crippen LogP contribution in [-0.4, -0.2) is 11.1 Å². The maximum absolute atomic E-state index is 13.1. The van der Waals surface area contributed by atoms with E-state index in [1.807, 2.05) is 29.6 Å². The van der Waals surface area contributed by atoms with Gasteiger partial charge in [0.15, 0.2) is 0 Å². The smallest absolute Gasteiger partial charge is 0.339 e. The van der Waals surface area contributed by atoms with Crippen LogP contribution in [0.15, 0.2) is 47.8 Å². The second-order valence-corrected chi connectivity index (χ2v) is 5.40. The Labute approximate surface area is 124 Å². The van der Waals surface area contributed by atoms with Crippen molar-refractivity contribution >= 4 is 27.4 Å². The van der Waals surface area contributed by atoms with Crippen LogP contribution in [0, 0.1) is 5.82 Å². The van der Waals surface area contributed by atoms with Gasteiger partial charge in [-0.3, -0.25) is 0 Å². The quantitative estimate of drug-likeness (QED) is 0.781. The Morgan fingerprint density at radius 1 is 1.24 bits per heavy atom. The third-order valence-corrected chi connectivity index (χ3v) is 4.13. The fraction of sp³-hybridized carbons (Fsp3) is 0.0625. The van der Waals surface area contributed by atoms with Gasteiger partial charge in [0, 0.05) is 10.3 Å². The number of carboxylic acids is 1. The molecule has 0 fully saturated rings. The Kier molecular flexibility index (Phi) is 3.58. The normalized spacial score (nSPS) is 10.7. The zero-order chi connectivity index (χ0) is 14.8. The van der Waals surface area contributed by atoms with E-state index >= 15 is 0 Å². The van der Waals surface area contributed by atoms with Crippen molar-refractivity contribution in [3.05, 3.63) is 64.8 Å². The third kappa shape index (κ3) is 2.73. The van der Waals surface area contributed by atoms with Crippen LogP contribution in [0.2, 0.25) is 0 Å². The Bertz CT molecular complexity index is 810. The van der Waals surface area contributed by atoms with E-state index < -0.39 is 11.8 Å². The van der Waals surface area contributed by atoms with E-state index in [-0.39, 0.29) is 17.9 Å². The Balaban J connectivity index is 1.87. The van der Waals surface area contributed by atoms with Crippen LogP contribution in [-0.2, 0) is 6.61 Å². The van der Waals surface area contributed by atoms with Crippen molar-refractivity contribution in [2.75, 3.05) is 0 Å². The number of halogens is 1. The second kappa shape index (κ2) is 5.54. The van der Waals surface area contributed by atoms with E-state index in [1.165, 1.54) is 12.1 Å². The molecule has 21 heavy (non-hydrogen) atoms. The maximum Gasteiger partial charge on any atom is 0.339 e. The summed E-state index contributed by atoms with van der Waals surface area (Å²) < 4.78 is 19.8. The Morgan fingerprint density at radius 3 is 2.86 bits per heavy atom. The standard InChI is InChI=1S/C16H11FO3S/c17-11-5-6-14(13(7-11)16(18)19)20-8-10-9-21-15-4-2-1-3-12(10)15/h1-7,9H,8H2,(H,18,19). The molecule has 0 saturated heterocycles. The van der Waals surface area contributed by atoms with Gasteiger partial charge < -0.3 is 9.84 Å². The number of benzene rings is 2. The molecule has 0 radical (unpaired) electrons. The van der Waals surface area contributed by atoms with Crippen molar-refractivity contribution in [2.45, 2.75) is 6.61 Å². The van der Waals surface area contributed by atoms with E-state index in [2.05, 4.69) is 0 Å². The number of thiophene rings is 1. The zero-order valence-electron chi connectivity index (χ0n) is 10.9. The predicted octanol–water partition coefficient (Wildman–Crippen LogP) is 4.32. The number of fused-ring (bicyclic) bond motifs is 1. The van der Waals surface area contributed by atoms with Crippen LogP contribution in [0.5, 0.6) is 5.75 Å². The molecule has 0 aliphatic rings. The van der Waals surface area contributed by atoms with E-state index in [0.29, 0.717) is 0 Å². The molecule has 0 atom stereocenters. The number of aromatic carboxylic acids is 1. The summed E-state index contributed by atoms with van der Waals surface area (Å²) in [6, 6.07) is 11.4. The number of carboxylic acid groups (broad SMARTS) is 1. The molecule has 0 aliphatic carbocycles. The molecule has 1 N–H and O–H groups in total. The topological polar surface area (TPSA) is 46.5 Å². The van der Waals surface area contributed by atoms with Crippen LogP contribution >= 0.6 is 11.3 Å². The molecule has 106 valence electrons. The summed E-state index contributed by atoms with van der Waals surface area (Å²) in [4.78, 5) is 11.1. The zero-order valence-corrected chi connectivity index (χ0v) is 11.7. The average molecular weight is 302 g/mol. The first-order valence-corrected chi connectivity index (χ1v) is 7.14. The molecule has 0 saturated carbocycles. The maximum atomic E-state index is 13.1. The number of hydrogen-bond donors (Lipinski definition) is 1. The SMILES string of the molecule is O=C(O)c1cc(F)ccc1OCc1csc2ccccc12. The molecular weight excluding hydrogens is 291 g/mol. The molecule has 3 nitrogen and oxygen atoms in total. The molecule has 1 heterocycles. The van der Waals surface area contributed by atoms with E-state index in [0.717, 1.165) is 21.7 Å². The summed E-state index contributed by atoms with van der Waals surface area (Å²) in [6.45, 7) is 0.246. The van der Waals surface area contributed by atoms with Gasteiger partial charge in [0.25, 0.3) is 0 Å². The van der Waals surface area contributed by atoms with Gasteiger partial charge in [0.2, 0.25) is 0 Å². The van der Waals surface area contributed by atoms with Gasteiger partial charge in [-0.2, -0.15) is 0 Å². The lowest BCUT2D eigenvalue weighted by atomic mass is 10.2. The monoisotopic (exact) mass is 302 g/mol. The molecule has 2 aromatic carbocycles. The minimum absolute atomic E-state index is 0.166. The van der Waals surface area contributed by atoms with Crippen molar-refractivity contribution in [1.82, 2.24) is 0 Å². The molecule has 3 rings (SSSR count). The van der Waals surface area contributed by atoms with Crippen LogP contribution in [0.3, 0.4) is 0 Å². The summed E-state index contributed by atoms with van der Waals surface area (Å²) in [6.07, 6.45) is 0. The van der Waals surface area contributed by atoms with Gasteiger partial charge in [-0.1, -0.05) is 18.2 Å². The van der Waals surface area contributed by atoms with Gasteiger partial charge in [0.1, 0.15) is 23.7 Å². The highest BCUT2D eigenvalue weighted by atomic mass is 32.1. The fourth-order valence-electron chi connectivity index (χ4n) is 2.10. The lowest BCUT2D eigenvalue weighted by molar-refractivity contribution is 0.0691. The molecule has 3 aromatic rings. The van der Waals surface area contributed by atoms with Crippen LogP contribution in [0.1, 0.15) is 15.9 Å². The molecule has 0 bridgehead atoms. The second-order valence-electron chi connectivity index (χ2n) is 4.49. The van der Waals surface area contributed by atoms with Crippen LogP contribution < -0.4 is 4.74 Å². The van der Waals surface area contributed by atoms with Crippen molar-refractivity contribution in [1.29, 1.82) is 0 Å². The predicted molar refractivity (Wildman–Crippen MR) is 79.5 cm³/mol. The highest BCUT2D eigenvalue weighted by Gasteiger charge is 2.13. The third-order valence-electron chi connectivity index (χ3n) is 3.12. The molecule has 1 aromatic heterocycles. The first kappa shape index (κ1) is 13.6. The Morgan fingerprint density at radius 2 is 2.05 bits per heavy atom. The van der Waals surface area contributed by atoms with Crippen molar-refractivity contribution in [3.63, 3.8) is 0 Å². The lowest BCUT2D eigenvalue weighted by Crippen LogP contribution is -2.03. The summed E-state index contributed by atoms with van der Waals surface area (Å²) in [5.74, 6) is -1.64. The average Bonchev–Trinajstić information content (AvgIpc) is 2.89. The Hall–Kier alpha value is -2.40. The molecule has 5 heteroatoms. The minimum atomic E-state index is -1.21.